The molecular formula is C12H18SSi. The maximum absolute atomic E-state index is 4.62. The number of hydrogen-bond acceptors (Lipinski definition) is 1. The van der Waals surface area contributed by atoms with Crippen LogP contribution in [0.4, 0.5) is 0 Å². The third kappa shape index (κ3) is 2.52. The van der Waals surface area contributed by atoms with Crippen LogP contribution in [0, 0.1) is 0 Å². The molecule has 0 saturated heterocycles. The van der Waals surface area contributed by atoms with Gasteiger partial charge in [0.15, 0.2) is 0 Å². The van der Waals surface area contributed by atoms with E-state index in [1.807, 2.05) is 0 Å². The van der Waals surface area contributed by atoms with Crippen molar-refractivity contribution < 1.29 is 0 Å². The molecule has 2 heteroatoms. The number of rotatable bonds is 3. The molecule has 0 aliphatic heterocycles. The first-order chi connectivity index (χ1) is 6.59. The summed E-state index contributed by atoms with van der Waals surface area (Å²) in [5.74, 6) is 0. The van der Waals surface area contributed by atoms with E-state index in [0.717, 1.165) is 6.42 Å². The van der Waals surface area contributed by atoms with Gasteiger partial charge in [0.25, 0.3) is 0 Å². The second-order valence-electron chi connectivity index (χ2n) is 3.99. The number of benzene rings is 1. The summed E-state index contributed by atoms with van der Waals surface area (Å²) in [6.45, 7) is 6.85. The molecule has 0 aliphatic rings. The van der Waals surface area contributed by atoms with Crippen LogP contribution in [0.1, 0.15) is 13.3 Å². The van der Waals surface area contributed by atoms with Gasteiger partial charge in [0.1, 0.15) is 8.07 Å². The van der Waals surface area contributed by atoms with E-state index in [9.17, 15) is 0 Å². The Morgan fingerprint density at radius 2 is 1.86 bits per heavy atom. The van der Waals surface area contributed by atoms with Gasteiger partial charge in [-0.3, -0.25) is 0 Å². The summed E-state index contributed by atoms with van der Waals surface area (Å²) in [4.78, 5) is 0. The lowest BCUT2D eigenvalue weighted by Crippen LogP contribution is -2.42. The summed E-state index contributed by atoms with van der Waals surface area (Å²) in [6.07, 6.45) is 3.31. The Labute approximate surface area is 93.5 Å². The molecule has 76 valence electrons. The minimum absolute atomic E-state index is 1.07. The van der Waals surface area contributed by atoms with Gasteiger partial charge in [-0.25, -0.2) is 0 Å². The smallest absolute Gasteiger partial charge is 0.119 e. The van der Waals surface area contributed by atoms with Gasteiger partial charge < -0.3 is 0 Å². The van der Waals surface area contributed by atoms with Crippen molar-refractivity contribution >= 4 is 25.9 Å². The average Bonchev–Trinajstić information content (AvgIpc) is 2.19. The Kier molecular flexibility index (Phi) is 4.02. The third-order valence-corrected chi connectivity index (χ3v) is 7.65. The zero-order valence-electron chi connectivity index (χ0n) is 9.12. The van der Waals surface area contributed by atoms with Crippen molar-refractivity contribution in [3.8, 4) is 0 Å². The van der Waals surface area contributed by atoms with Crippen molar-refractivity contribution in [2.75, 3.05) is 0 Å². The van der Waals surface area contributed by atoms with Crippen LogP contribution < -0.4 is 5.19 Å². The quantitative estimate of drug-likeness (QED) is 0.588. The van der Waals surface area contributed by atoms with E-state index in [1.54, 1.807) is 0 Å². The highest BCUT2D eigenvalue weighted by Gasteiger charge is 2.25. The van der Waals surface area contributed by atoms with Crippen LogP contribution in [-0.4, -0.2) is 8.07 Å². The summed E-state index contributed by atoms with van der Waals surface area (Å²) >= 11 is 4.62. The maximum Gasteiger partial charge on any atom is 0.119 e. The van der Waals surface area contributed by atoms with Crippen LogP contribution in [0.3, 0.4) is 0 Å². The summed E-state index contributed by atoms with van der Waals surface area (Å²) < 4.78 is 1.28. The van der Waals surface area contributed by atoms with E-state index < -0.39 is 8.07 Å². The fourth-order valence-corrected chi connectivity index (χ4v) is 4.06. The topological polar surface area (TPSA) is 0 Å². The summed E-state index contributed by atoms with van der Waals surface area (Å²) in [7, 11) is -1.48. The Bertz CT molecular complexity index is 314. The SMILES string of the molecule is CC/C=C(\S)[Si](C)(C)c1ccccc1. The Balaban J connectivity index is 3.02. The van der Waals surface area contributed by atoms with Gasteiger partial charge in [-0.1, -0.05) is 61.6 Å². The first-order valence-corrected chi connectivity index (χ1v) is 8.49. The van der Waals surface area contributed by atoms with Crippen LogP contribution in [0.15, 0.2) is 40.9 Å². The van der Waals surface area contributed by atoms with E-state index in [1.165, 1.54) is 9.72 Å². The van der Waals surface area contributed by atoms with Gasteiger partial charge >= 0.3 is 0 Å². The van der Waals surface area contributed by atoms with Crippen LogP contribution in [0.2, 0.25) is 13.1 Å². The number of hydrogen-bond donors (Lipinski definition) is 1. The molecule has 0 nitrogen and oxygen atoms in total. The fraction of sp³-hybridized carbons (Fsp3) is 0.333. The lowest BCUT2D eigenvalue weighted by Gasteiger charge is -2.23. The molecule has 0 bridgehead atoms. The first kappa shape index (κ1) is 11.6. The summed E-state index contributed by atoms with van der Waals surface area (Å²) in [5.41, 5.74) is 0. The summed E-state index contributed by atoms with van der Waals surface area (Å²) in [6, 6.07) is 10.7. The van der Waals surface area contributed by atoms with Gasteiger partial charge in [0.05, 0.1) is 0 Å². The van der Waals surface area contributed by atoms with Crippen LogP contribution in [-0.2, 0) is 0 Å². The summed E-state index contributed by atoms with van der Waals surface area (Å²) in [5, 5.41) is 1.45. The highest BCUT2D eigenvalue weighted by Crippen LogP contribution is 2.18. The minimum atomic E-state index is -1.48. The van der Waals surface area contributed by atoms with Crippen molar-refractivity contribution in [3.63, 3.8) is 0 Å². The van der Waals surface area contributed by atoms with Crippen LogP contribution >= 0.6 is 12.6 Å². The number of allylic oxidation sites excluding steroid dienone is 1. The van der Waals surface area contributed by atoms with E-state index >= 15 is 0 Å². The predicted octanol–water partition coefficient (Wildman–Crippen LogP) is 3.36. The fourth-order valence-electron chi connectivity index (χ4n) is 1.45. The van der Waals surface area contributed by atoms with Gasteiger partial charge in [-0.2, -0.15) is 12.6 Å². The first-order valence-electron chi connectivity index (χ1n) is 5.04. The molecule has 0 spiro atoms. The normalized spacial score (nSPS) is 13.0. The molecule has 0 radical (unpaired) electrons. The maximum atomic E-state index is 4.62. The minimum Gasteiger partial charge on any atom is -0.152 e. The average molecular weight is 222 g/mol. The van der Waals surface area contributed by atoms with Gasteiger partial charge in [-0.15, -0.1) is 0 Å². The van der Waals surface area contributed by atoms with Crippen molar-refractivity contribution in [2.24, 2.45) is 0 Å². The molecule has 0 amide bonds. The molecule has 0 N–H and O–H groups in total. The standard InChI is InChI=1S/C12H18SSi/c1-4-8-12(13)14(2,3)11-9-6-5-7-10-11/h5-10,13H,4H2,1-3H3/b12-8+. The Hall–Kier alpha value is -0.473. The molecular weight excluding hydrogens is 204 g/mol. The van der Waals surface area contributed by atoms with Crippen molar-refractivity contribution in [2.45, 2.75) is 26.4 Å². The second-order valence-corrected chi connectivity index (χ2v) is 9.26. The Morgan fingerprint density at radius 3 is 2.36 bits per heavy atom. The monoisotopic (exact) mass is 222 g/mol. The van der Waals surface area contributed by atoms with Crippen LogP contribution in [0.5, 0.6) is 0 Å². The molecule has 0 aliphatic carbocycles. The van der Waals surface area contributed by atoms with Crippen molar-refractivity contribution in [3.05, 3.63) is 40.9 Å². The second kappa shape index (κ2) is 4.85. The predicted molar refractivity (Wildman–Crippen MR) is 70.9 cm³/mol. The van der Waals surface area contributed by atoms with Gasteiger partial charge in [0, 0.05) is 0 Å². The van der Waals surface area contributed by atoms with E-state index in [0.29, 0.717) is 0 Å². The largest absolute Gasteiger partial charge is 0.152 e. The molecule has 0 fully saturated rings. The molecule has 14 heavy (non-hydrogen) atoms. The molecule has 1 aromatic rings. The third-order valence-electron chi connectivity index (χ3n) is 2.53. The van der Waals surface area contributed by atoms with Gasteiger partial charge in [0.2, 0.25) is 0 Å². The molecule has 1 rings (SSSR count). The molecule has 0 saturated carbocycles. The molecule has 1 aromatic carbocycles. The van der Waals surface area contributed by atoms with E-state index in [4.69, 9.17) is 0 Å². The lowest BCUT2D eigenvalue weighted by atomic mass is 10.4. The van der Waals surface area contributed by atoms with E-state index in [2.05, 4.69) is 69.1 Å². The molecule has 0 aromatic heterocycles. The lowest BCUT2D eigenvalue weighted by molar-refractivity contribution is 1.22. The van der Waals surface area contributed by atoms with Gasteiger partial charge in [-0.05, 0) is 10.9 Å². The van der Waals surface area contributed by atoms with Crippen molar-refractivity contribution in [1.82, 2.24) is 0 Å². The highest BCUT2D eigenvalue weighted by atomic mass is 32.1. The zero-order valence-corrected chi connectivity index (χ0v) is 11.0. The number of thiol groups is 1. The zero-order chi connectivity index (χ0) is 10.6. The molecule has 0 atom stereocenters. The molecule has 0 unspecified atom stereocenters. The van der Waals surface area contributed by atoms with E-state index in [-0.39, 0.29) is 0 Å². The molecule has 0 heterocycles. The van der Waals surface area contributed by atoms with Crippen LogP contribution in [0.25, 0.3) is 0 Å². The highest BCUT2D eigenvalue weighted by molar-refractivity contribution is 7.87. The van der Waals surface area contributed by atoms with Crippen molar-refractivity contribution in [1.29, 1.82) is 0 Å². The Morgan fingerprint density at radius 1 is 1.29 bits per heavy atom.